The summed E-state index contributed by atoms with van der Waals surface area (Å²) in [7, 11) is 0. The molecule has 0 aliphatic heterocycles. The molecule has 2 nitrogen and oxygen atoms in total. The number of ether oxygens (including phenoxy) is 1. The van der Waals surface area contributed by atoms with E-state index in [1.807, 2.05) is 12.3 Å². The fourth-order valence-electron chi connectivity index (χ4n) is 1.62. The molecular weight excluding hydrogens is 244 g/mol. The summed E-state index contributed by atoms with van der Waals surface area (Å²) in [5.41, 5.74) is 1.69. The van der Waals surface area contributed by atoms with E-state index in [1.54, 1.807) is 19.1 Å². The van der Waals surface area contributed by atoms with Gasteiger partial charge < -0.3 is 4.74 Å². The highest BCUT2D eigenvalue weighted by atomic mass is 35.5. The Hall–Kier alpha value is -1.06. The highest BCUT2D eigenvalue weighted by Crippen LogP contribution is 2.34. The van der Waals surface area contributed by atoms with Crippen LogP contribution in [0.5, 0.6) is 0 Å². The van der Waals surface area contributed by atoms with Crippen LogP contribution in [0.1, 0.15) is 22.8 Å². The Labute approximate surface area is 103 Å². The highest BCUT2D eigenvalue weighted by Gasteiger charge is 2.15. The van der Waals surface area contributed by atoms with Crippen molar-refractivity contribution >= 4 is 39.0 Å². The summed E-state index contributed by atoms with van der Waals surface area (Å²) in [6, 6.07) is 3.47. The number of carbonyl (C=O) groups is 1. The van der Waals surface area contributed by atoms with Crippen LogP contribution in [-0.2, 0) is 4.74 Å². The molecule has 1 aromatic heterocycles. The Morgan fingerprint density at radius 2 is 2.25 bits per heavy atom. The molecule has 2 rings (SSSR count). The second kappa shape index (κ2) is 4.44. The van der Waals surface area contributed by atoms with Gasteiger partial charge >= 0.3 is 5.97 Å². The molecule has 0 spiro atoms. The molecule has 0 unspecified atom stereocenters. The number of benzene rings is 1. The van der Waals surface area contributed by atoms with Crippen LogP contribution in [0.2, 0.25) is 5.02 Å². The van der Waals surface area contributed by atoms with Crippen LogP contribution in [0.25, 0.3) is 10.1 Å². The van der Waals surface area contributed by atoms with Gasteiger partial charge in [0, 0.05) is 10.4 Å². The molecule has 0 saturated heterocycles. The SMILES string of the molecule is CCOC(=O)c1ccc(Cl)c2c(C)csc12. The van der Waals surface area contributed by atoms with Crippen LogP contribution in [0.4, 0.5) is 0 Å². The van der Waals surface area contributed by atoms with Gasteiger partial charge in [0.2, 0.25) is 0 Å². The molecule has 0 aliphatic rings. The van der Waals surface area contributed by atoms with Crippen LogP contribution in [0.15, 0.2) is 17.5 Å². The van der Waals surface area contributed by atoms with Crippen molar-refractivity contribution in [3.05, 3.63) is 33.7 Å². The third kappa shape index (κ3) is 1.81. The summed E-state index contributed by atoms with van der Waals surface area (Å²) in [6.07, 6.45) is 0. The van der Waals surface area contributed by atoms with E-state index in [4.69, 9.17) is 16.3 Å². The normalized spacial score (nSPS) is 10.7. The van der Waals surface area contributed by atoms with Crippen molar-refractivity contribution in [3.8, 4) is 0 Å². The monoisotopic (exact) mass is 254 g/mol. The first-order valence-electron chi connectivity index (χ1n) is 4.98. The van der Waals surface area contributed by atoms with Crippen molar-refractivity contribution < 1.29 is 9.53 Å². The quantitative estimate of drug-likeness (QED) is 0.756. The number of esters is 1. The summed E-state index contributed by atoms with van der Waals surface area (Å²) >= 11 is 7.64. The molecule has 84 valence electrons. The van der Waals surface area contributed by atoms with E-state index in [9.17, 15) is 4.79 Å². The molecule has 2 aromatic rings. The minimum Gasteiger partial charge on any atom is -0.462 e. The second-order valence-electron chi connectivity index (χ2n) is 3.44. The Bertz CT molecular complexity index is 545. The van der Waals surface area contributed by atoms with Crippen molar-refractivity contribution in [1.82, 2.24) is 0 Å². The largest absolute Gasteiger partial charge is 0.462 e. The molecule has 16 heavy (non-hydrogen) atoms. The predicted molar refractivity (Wildman–Crippen MR) is 67.5 cm³/mol. The summed E-state index contributed by atoms with van der Waals surface area (Å²) < 4.78 is 5.92. The smallest absolute Gasteiger partial charge is 0.339 e. The summed E-state index contributed by atoms with van der Waals surface area (Å²) in [6.45, 7) is 4.16. The van der Waals surface area contributed by atoms with Crippen molar-refractivity contribution in [1.29, 1.82) is 0 Å². The van der Waals surface area contributed by atoms with Gasteiger partial charge in [-0.05, 0) is 36.9 Å². The molecule has 0 atom stereocenters. The molecule has 0 fully saturated rings. The lowest BCUT2D eigenvalue weighted by Crippen LogP contribution is -2.04. The lowest BCUT2D eigenvalue weighted by molar-refractivity contribution is 0.0529. The van der Waals surface area contributed by atoms with Gasteiger partial charge in [-0.2, -0.15) is 0 Å². The summed E-state index contributed by atoms with van der Waals surface area (Å²) in [4.78, 5) is 11.7. The van der Waals surface area contributed by atoms with Gasteiger partial charge in [0.25, 0.3) is 0 Å². The van der Waals surface area contributed by atoms with E-state index >= 15 is 0 Å². The van der Waals surface area contributed by atoms with Crippen molar-refractivity contribution in [2.75, 3.05) is 6.61 Å². The van der Waals surface area contributed by atoms with Gasteiger partial charge in [0.15, 0.2) is 0 Å². The van der Waals surface area contributed by atoms with Gasteiger partial charge in [-0.25, -0.2) is 4.79 Å². The number of rotatable bonds is 2. The molecule has 1 aromatic carbocycles. The highest BCUT2D eigenvalue weighted by molar-refractivity contribution is 7.18. The first kappa shape index (κ1) is 11.4. The zero-order valence-electron chi connectivity index (χ0n) is 9.04. The number of hydrogen-bond acceptors (Lipinski definition) is 3. The first-order valence-corrected chi connectivity index (χ1v) is 6.24. The molecule has 0 radical (unpaired) electrons. The maximum Gasteiger partial charge on any atom is 0.339 e. The Balaban J connectivity index is 2.64. The summed E-state index contributed by atoms with van der Waals surface area (Å²) in [5.74, 6) is -0.286. The standard InChI is InChI=1S/C12H11ClO2S/c1-3-15-12(14)8-4-5-9(13)10-7(2)6-16-11(8)10/h4-6H,3H2,1-2H3. The van der Waals surface area contributed by atoms with Gasteiger partial charge in [-0.3, -0.25) is 0 Å². The number of carbonyl (C=O) groups excluding carboxylic acids is 1. The average Bonchev–Trinajstić information content (AvgIpc) is 2.62. The Morgan fingerprint density at radius 3 is 2.94 bits per heavy atom. The number of hydrogen-bond donors (Lipinski definition) is 0. The van der Waals surface area contributed by atoms with Crippen LogP contribution in [-0.4, -0.2) is 12.6 Å². The number of aryl methyl sites for hydroxylation is 1. The van der Waals surface area contributed by atoms with Gasteiger partial charge in [-0.15, -0.1) is 11.3 Å². The van der Waals surface area contributed by atoms with Crippen molar-refractivity contribution in [3.63, 3.8) is 0 Å². The predicted octanol–water partition coefficient (Wildman–Crippen LogP) is 4.04. The zero-order valence-corrected chi connectivity index (χ0v) is 10.6. The van der Waals surface area contributed by atoms with Crippen LogP contribution in [0.3, 0.4) is 0 Å². The van der Waals surface area contributed by atoms with E-state index < -0.39 is 0 Å². The lowest BCUT2D eigenvalue weighted by atomic mass is 10.1. The molecule has 4 heteroatoms. The third-order valence-corrected chi connectivity index (χ3v) is 3.80. The Morgan fingerprint density at radius 1 is 1.50 bits per heavy atom. The fraction of sp³-hybridized carbons (Fsp3) is 0.250. The third-order valence-electron chi connectivity index (χ3n) is 2.35. The van der Waals surface area contributed by atoms with Crippen LogP contribution < -0.4 is 0 Å². The topological polar surface area (TPSA) is 26.3 Å². The van der Waals surface area contributed by atoms with E-state index in [1.165, 1.54) is 11.3 Å². The molecule has 0 amide bonds. The Kier molecular flexibility index (Phi) is 3.17. The van der Waals surface area contributed by atoms with Crippen molar-refractivity contribution in [2.45, 2.75) is 13.8 Å². The second-order valence-corrected chi connectivity index (χ2v) is 4.73. The van der Waals surface area contributed by atoms with Crippen LogP contribution in [0, 0.1) is 6.92 Å². The molecule has 0 N–H and O–H groups in total. The fourth-order valence-corrected chi connectivity index (χ4v) is 3.07. The van der Waals surface area contributed by atoms with Crippen LogP contribution >= 0.6 is 22.9 Å². The zero-order chi connectivity index (χ0) is 11.7. The molecular formula is C12H11ClO2S. The minimum absolute atomic E-state index is 0.286. The van der Waals surface area contributed by atoms with Gasteiger partial charge in [0.05, 0.1) is 16.9 Å². The average molecular weight is 255 g/mol. The minimum atomic E-state index is -0.286. The van der Waals surface area contributed by atoms with E-state index in [2.05, 4.69) is 0 Å². The maximum absolute atomic E-state index is 11.7. The number of fused-ring (bicyclic) bond motifs is 1. The van der Waals surface area contributed by atoms with Gasteiger partial charge in [-0.1, -0.05) is 11.6 Å². The lowest BCUT2D eigenvalue weighted by Gasteiger charge is -2.04. The molecule has 0 saturated carbocycles. The van der Waals surface area contributed by atoms with E-state index in [0.29, 0.717) is 17.2 Å². The number of halogens is 1. The maximum atomic E-state index is 11.7. The molecule has 0 bridgehead atoms. The first-order chi connectivity index (χ1) is 7.65. The van der Waals surface area contributed by atoms with Crippen molar-refractivity contribution in [2.24, 2.45) is 0 Å². The molecule has 1 heterocycles. The van der Waals surface area contributed by atoms with Gasteiger partial charge in [0.1, 0.15) is 0 Å². The molecule has 0 aliphatic carbocycles. The van der Waals surface area contributed by atoms with E-state index in [0.717, 1.165) is 15.6 Å². The number of thiophene rings is 1. The van der Waals surface area contributed by atoms with E-state index in [-0.39, 0.29) is 5.97 Å². The summed E-state index contributed by atoms with van der Waals surface area (Å²) in [5, 5.41) is 3.64.